The SMILES string of the molecule is CCC(=O)Nc1noc2cccc(OCc3cc(F)ccc3C)c12. The van der Waals surface area contributed by atoms with Crippen molar-refractivity contribution in [1.82, 2.24) is 5.16 Å². The van der Waals surface area contributed by atoms with Crippen LogP contribution in [0.15, 0.2) is 40.9 Å². The highest BCUT2D eigenvalue weighted by atomic mass is 19.1. The molecule has 1 N–H and O–H groups in total. The van der Waals surface area contributed by atoms with Crippen LogP contribution in [-0.2, 0) is 11.4 Å². The molecule has 6 heteroatoms. The van der Waals surface area contributed by atoms with Crippen molar-refractivity contribution in [2.24, 2.45) is 0 Å². The molecule has 0 aliphatic carbocycles. The van der Waals surface area contributed by atoms with E-state index in [1.165, 1.54) is 12.1 Å². The maximum Gasteiger partial charge on any atom is 0.225 e. The fourth-order valence-corrected chi connectivity index (χ4v) is 2.34. The minimum absolute atomic E-state index is 0.166. The quantitative estimate of drug-likeness (QED) is 0.762. The molecule has 0 saturated carbocycles. The number of ether oxygens (including phenoxy) is 1. The summed E-state index contributed by atoms with van der Waals surface area (Å²) in [4.78, 5) is 11.6. The van der Waals surface area contributed by atoms with Crippen LogP contribution in [0.4, 0.5) is 10.2 Å². The molecule has 3 rings (SSSR count). The molecule has 0 aliphatic rings. The van der Waals surface area contributed by atoms with Gasteiger partial charge >= 0.3 is 0 Å². The standard InChI is InChI=1S/C18H17FN2O3/c1-3-16(22)20-18-17-14(5-4-6-15(17)24-21-18)23-10-12-9-13(19)8-7-11(12)2/h4-9H,3,10H2,1-2H3,(H,20,21,22). The number of halogens is 1. The average Bonchev–Trinajstić information content (AvgIpc) is 2.99. The summed E-state index contributed by atoms with van der Waals surface area (Å²) < 4.78 is 24.5. The first-order valence-corrected chi connectivity index (χ1v) is 7.64. The van der Waals surface area contributed by atoms with Gasteiger partial charge < -0.3 is 14.6 Å². The van der Waals surface area contributed by atoms with Gasteiger partial charge in [-0.2, -0.15) is 0 Å². The van der Waals surface area contributed by atoms with Gasteiger partial charge in [0.05, 0.1) is 0 Å². The third-order valence-corrected chi connectivity index (χ3v) is 3.73. The number of aromatic nitrogens is 1. The van der Waals surface area contributed by atoms with Crippen LogP contribution in [0.2, 0.25) is 0 Å². The minimum Gasteiger partial charge on any atom is -0.488 e. The number of anilines is 1. The Morgan fingerprint density at radius 2 is 2.17 bits per heavy atom. The van der Waals surface area contributed by atoms with Gasteiger partial charge in [-0.3, -0.25) is 4.79 Å². The van der Waals surface area contributed by atoms with Gasteiger partial charge in [-0.05, 0) is 42.3 Å². The van der Waals surface area contributed by atoms with Crippen molar-refractivity contribution in [2.45, 2.75) is 26.9 Å². The molecule has 0 radical (unpaired) electrons. The summed E-state index contributed by atoms with van der Waals surface area (Å²) in [7, 11) is 0. The van der Waals surface area contributed by atoms with Crippen molar-refractivity contribution in [2.75, 3.05) is 5.32 Å². The van der Waals surface area contributed by atoms with Crippen molar-refractivity contribution in [3.05, 3.63) is 53.3 Å². The maximum atomic E-state index is 13.4. The van der Waals surface area contributed by atoms with Crippen LogP contribution in [0, 0.1) is 12.7 Å². The zero-order chi connectivity index (χ0) is 17.1. The Kier molecular flexibility index (Phi) is 4.46. The molecule has 0 spiro atoms. The third-order valence-electron chi connectivity index (χ3n) is 3.73. The van der Waals surface area contributed by atoms with E-state index >= 15 is 0 Å². The number of fused-ring (bicyclic) bond motifs is 1. The molecule has 0 fully saturated rings. The van der Waals surface area contributed by atoms with Crippen LogP contribution < -0.4 is 10.1 Å². The Morgan fingerprint density at radius 1 is 1.33 bits per heavy atom. The molecule has 0 bridgehead atoms. The number of rotatable bonds is 5. The molecule has 0 unspecified atom stereocenters. The van der Waals surface area contributed by atoms with Gasteiger partial charge in [0.25, 0.3) is 0 Å². The molecule has 1 amide bonds. The Morgan fingerprint density at radius 3 is 2.96 bits per heavy atom. The molecule has 1 heterocycles. The Hall–Kier alpha value is -2.89. The summed E-state index contributed by atoms with van der Waals surface area (Å²) in [5, 5.41) is 7.16. The molecule has 124 valence electrons. The zero-order valence-corrected chi connectivity index (χ0v) is 13.4. The molecule has 0 aliphatic heterocycles. The molecule has 2 aromatic carbocycles. The summed E-state index contributed by atoms with van der Waals surface area (Å²) in [5.74, 6) is 0.367. The zero-order valence-electron chi connectivity index (χ0n) is 13.4. The highest BCUT2D eigenvalue weighted by Gasteiger charge is 2.15. The molecule has 1 aromatic heterocycles. The van der Waals surface area contributed by atoms with E-state index in [0.29, 0.717) is 29.0 Å². The molecule has 0 saturated heterocycles. The number of carbonyl (C=O) groups is 1. The average molecular weight is 328 g/mol. The summed E-state index contributed by atoms with van der Waals surface area (Å²) in [6.45, 7) is 3.85. The summed E-state index contributed by atoms with van der Waals surface area (Å²) in [6.07, 6.45) is 0.333. The highest BCUT2D eigenvalue weighted by Crippen LogP contribution is 2.32. The number of amides is 1. The second-order valence-electron chi connectivity index (χ2n) is 5.42. The number of aryl methyl sites for hydroxylation is 1. The number of hydrogen-bond donors (Lipinski definition) is 1. The number of hydrogen-bond acceptors (Lipinski definition) is 4. The lowest BCUT2D eigenvalue weighted by Gasteiger charge is -2.10. The summed E-state index contributed by atoms with van der Waals surface area (Å²) >= 11 is 0. The van der Waals surface area contributed by atoms with Gasteiger partial charge in [-0.1, -0.05) is 24.2 Å². The van der Waals surface area contributed by atoms with Crippen molar-refractivity contribution >= 4 is 22.7 Å². The van der Waals surface area contributed by atoms with Crippen molar-refractivity contribution in [3.63, 3.8) is 0 Å². The smallest absolute Gasteiger partial charge is 0.225 e. The lowest BCUT2D eigenvalue weighted by Crippen LogP contribution is -2.10. The van der Waals surface area contributed by atoms with E-state index in [4.69, 9.17) is 9.26 Å². The number of nitrogens with zero attached hydrogens (tertiary/aromatic N) is 1. The molecule has 24 heavy (non-hydrogen) atoms. The van der Waals surface area contributed by atoms with Crippen LogP contribution in [0.3, 0.4) is 0 Å². The van der Waals surface area contributed by atoms with Crippen molar-refractivity contribution < 1.29 is 18.4 Å². The number of carbonyl (C=O) groups excluding carboxylic acids is 1. The highest BCUT2D eigenvalue weighted by molar-refractivity contribution is 6.01. The number of nitrogens with one attached hydrogen (secondary N) is 1. The van der Waals surface area contributed by atoms with Crippen molar-refractivity contribution in [1.29, 1.82) is 0 Å². The van der Waals surface area contributed by atoms with Gasteiger partial charge in [0.2, 0.25) is 5.91 Å². The molecular formula is C18H17FN2O3. The first kappa shape index (κ1) is 16.0. The normalized spacial score (nSPS) is 10.8. The van der Waals surface area contributed by atoms with E-state index in [1.807, 2.05) is 6.92 Å². The second-order valence-corrected chi connectivity index (χ2v) is 5.42. The fourth-order valence-electron chi connectivity index (χ4n) is 2.34. The predicted molar refractivity (Wildman–Crippen MR) is 88.4 cm³/mol. The van der Waals surface area contributed by atoms with Gasteiger partial charge in [0.15, 0.2) is 11.4 Å². The summed E-state index contributed by atoms with van der Waals surface area (Å²) in [5.41, 5.74) is 2.20. The predicted octanol–water partition coefficient (Wildman–Crippen LogP) is 4.20. The van der Waals surface area contributed by atoms with E-state index in [-0.39, 0.29) is 18.3 Å². The topological polar surface area (TPSA) is 64.4 Å². The molecule has 0 atom stereocenters. The third kappa shape index (κ3) is 3.22. The van der Waals surface area contributed by atoms with E-state index in [1.54, 1.807) is 31.2 Å². The van der Waals surface area contributed by atoms with Gasteiger partial charge in [0, 0.05) is 6.42 Å². The Balaban J connectivity index is 1.90. The van der Waals surface area contributed by atoms with E-state index in [0.717, 1.165) is 11.1 Å². The molecular weight excluding hydrogens is 311 g/mol. The summed E-state index contributed by atoms with van der Waals surface area (Å²) in [6, 6.07) is 9.84. The first-order chi connectivity index (χ1) is 11.6. The van der Waals surface area contributed by atoms with Gasteiger partial charge in [-0.25, -0.2) is 4.39 Å². The molecule has 5 nitrogen and oxygen atoms in total. The van der Waals surface area contributed by atoms with E-state index in [2.05, 4.69) is 10.5 Å². The maximum absolute atomic E-state index is 13.4. The largest absolute Gasteiger partial charge is 0.488 e. The van der Waals surface area contributed by atoms with E-state index < -0.39 is 0 Å². The Bertz CT molecular complexity index is 889. The van der Waals surface area contributed by atoms with E-state index in [9.17, 15) is 9.18 Å². The fraction of sp³-hybridized carbons (Fsp3) is 0.222. The minimum atomic E-state index is -0.307. The van der Waals surface area contributed by atoms with Gasteiger partial charge in [-0.15, -0.1) is 0 Å². The number of benzene rings is 2. The van der Waals surface area contributed by atoms with Crippen LogP contribution in [0.25, 0.3) is 11.0 Å². The molecule has 3 aromatic rings. The van der Waals surface area contributed by atoms with Crippen molar-refractivity contribution in [3.8, 4) is 5.75 Å². The lowest BCUT2D eigenvalue weighted by molar-refractivity contribution is -0.115. The lowest BCUT2D eigenvalue weighted by atomic mass is 10.1. The van der Waals surface area contributed by atoms with Crippen LogP contribution >= 0.6 is 0 Å². The van der Waals surface area contributed by atoms with Crippen LogP contribution in [-0.4, -0.2) is 11.1 Å². The monoisotopic (exact) mass is 328 g/mol. The van der Waals surface area contributed by atoms with Crippen LogP contribution in [0.1, 0.15) is 24.5 Å². The second kappa shape index (κ2) is 6.70. The van der Waals surface area contributed by atoms with Crippen LogP contribution in [0.5, 0.6) is 5.75 Å². The first-order valence-electron chi connectivity index (χ1n) is 7.64. The van der Waals surface area contributed by atoms with Gasteiger partial charge in [0.1, 0.15) is 23.6 Å². The Labute approximate surface area is 138 Å².